The zero-order valence-electron chi connectivity index (χ0n) is 14.2. The predicted octanol–water partition coefficient (Wildman–Crippen LogP) is 4.12. The van der Waals surface area contributed by atoms with Crippen LogP contribution in [-0.4, -0.2) is 38.9 Å². The Morgan fingerprint density at radius 1 is 0.920 bits per heavy atom. The molecule has 0 amide bonds. The molecule has 4 nitrogen and oxygen atoms in total. The van der Waals surface area contributed by atoms with Crippen LogP contribution in [0.4, 0.5) is 5.69 Å². The number of hydrogen-bond acceptors (Lipinski definition) is 3. The summed E-state index contributed by atoms with van der Waals surface area (Å²) in [6.45, 7) is 5.77. The summed E-state index contributed by atoms with van der Waals surface area (Å²) in [6, 6.07) is 10.8. The van der Waals surface area contributed by atoms with E-state index in [1.165, 1.54) is 0 Å². The molecule has 25 heavy (non-hydrogen) atoms. The molecule has 7 heteroatoms. The minimum absolute atomic E-state index is 0.382. The Hall–Kier alpha value is -1.27. The molecule has 2 aromatic carbocycles. The summed E-state index contributed by atoms with van der Waals surface area (Å²) in [5, 5.41) is 1.24. The van der Waals surface area contributed by atoms with E-state index in [2.05, 4.69) is 4.90 Å². The first-order valence-corrected chi connectivity index (χ1v) is 10.3. The van der Waals surface area contributed by atoms with Crippen molar-refractivity contribution in [1.82, 2.24) is 4.31 Å². The number of hydrogen-bond donors (Lipinski definition) is 0. The molecule has 0 unspecified atom stereocenters. The highest BCUT2D eigenvalue weighted by molar-refractivity contribution is 7.89. The summed E-state index contributed by atoms with van der Waals surface area (Å²) in [4.78, 5) is 2.45. The third-order valence-corrected chi connectivity index (χ3v) is 7.05. The summed E-state index contributed by atoms with van der Waals surface area (Å²) >= 11 is 12.3. The van der Waals surface area contributed by atoms with Gasteiger partial charge < -0.3 is 4.90 Å². The van der Waals surface area contributed by atoms with Gasteiger partial charge in [-0.3, -0.25) is 0 Å². The summed E-state index contributed by atoms with van der Waals surface area (Å²) < 4.78 is 27.4. The van der Waals surface area contributed by atoms with Gasteiger partial charge in [-0.2, -0.15) is 4.31 Å². The van der Waals surface area contributed by atoms with Crippen molar-refractivity contribution in [2.75, 3.05) is 31.1 Å². The first-order valence-electron chi connectivity index (χ1n) is 8.06. The monoisotopic (exact) mass is 398 g/mol. The molecule has 0 atom stereocenters. The fraction of sp³-hybridized carbons (Fsp3) is 0.333. The lowest BCUT2D eigenvalue weighted by atomic mass is 10.2. The topological polar surface area (TPSA) is 40.6 Å². The Morgan fingerprint density at radius 3 is 2.24 bits per heavy atom. The number of anilines is 1. The van der Waals surface area contributed by atoms with Crippen molar-refractivity contribution < 1.29 is 8.42 Å². The molecule has 1 fully saturated rings. The summed E-state index contributed by atoms with van der Waals surface area (Å²) in [5.74, 6) is 0. The molecule has 0 aromatic heterocycles. The van der Waals surface area contributed by atoms with Gasteiger partial charge in [0, 0.05) is 31.2 Å². The molecule has 0 radical (unpaired) electrons. The third kappa shape index (κ3) is 3.80. The fourth-order valence-corrected chi connectivity index (χ4v) is 5.16. The van der Waals surface area contributed by atoms with Crippen LogP contribution in [0.15, 0.2) is 41.3 Å². The normalized spacial score (nSPS) is 16.2. The maximum atomic E-state index is 12.9. The van der Waals surface area contributed by atoms with Gasteiger partial charge >= 0.3 is 0 Å². The van der Waals surface area contributed by atoms with E-state index in [0.29, 0.717) is 41.1 Å². The highest BCUT2D eigenvalue weighted by Crippen LogP contribution is 2.30. The van der Waals surface area contributed by atoms with Crippen molar-refractivity contribution in [2.24, 2.45) is 0 Å². The van der Waals surface area contributed by atoms with Crippen LogP contribution in [0.25, 0.3) is 0 Å². The zero-order chi connectivity index (χ0) is 18.2. The van der Waals surface area contributed by atoms with Crippen LogP contribution < -0.4 is 4.90 Å². The van der Waals surface area contributed by atoms with Gasteiger partial charge in [0.2, 0.25) is 10.0 Å². The summed E-state index contributed by atoms with van der Waals surface area (Å²) in [7, 11) is -3.49. The minimum Gasteiger partial charge on any atom is -0.368 e. The van der Waals surface area contributed by atoms with Crippen LogP contribution in [0.3, 0.4) is 0 Å². The van der Waals surface area contributed by atoms with E-state index in [4.69, 9.17) is 23.2 Å². The van der Waals surface area contributed by atoms with Gasteiger partial charge in [0.15, 0.2) is 0 Å². The predicted molar refractivity (Wildman–Crippen MR) is 103 cm³/mol. The van der Waals surface area contributed by atoms with Crippen molar-refractivity contribution >= 4 is 38.9 Å². The average Bonchev–Trinajstić information content (AvgIpc) is 2.57. The van der Waals surface area contributed by atoms with Crippen LogP contribution in [0.5, 0.6) is 0 Å². The summed E-state index contributed by atoms with van der Waals surface area (Å²) in [5.41, 5.74) is 2.68. The van der Waals surface area contributed by atoms with E-state index in [1.54, 1.807) is 22.5 Å². The lowest BCUT2D eigenvalue weighted by Crippen LogP contribution is -2.48. The number of benzene rings is 2. The molecule has 1 aliphatic heterocycles. The van der Waals surface area contributed by atoms with E-state index >= 15 is 0 Å². The number of piperazine rings is 1. The SMILES string of the molecule is Cc1ccc(S(=O)(=O)N2CCN(c3cc(Cl)ccc3Cl)CC2)c(C)c1. The lowest BCUT2D eigenvalue weighted by Gasteiger charge is -2.36. The second kappa shape index (κ2) is 7.16. The van der Waals surface area contributed by atoms with Crippen LogP contribution in [0.1, 0.15) is 11.1 Å². The number of nitrogens with zero attached hydrogens (tertiary/aromatic N) is 2. The second-order valence-electron chi connectivity index (χ2n) is 6.26. The Bertz CT molecular complexity index is 892. The quantitative estimate of drug-likeness (QED) is 0.780. The highest BCUT2D eigenvalue weighted by Gasteiger charge is 2.30. The number of aryl methyl sites for hydroxylation is 2. The molecular weight excluding hydrogens is 379 g/mol. The van der Waals surface area contributed by atoms with Crippen LogP contribution >= 0.6 is 23.2 Å². The first-order chi connectivity index (χ1) is 11.8. The Morgan fingerprint density at radius 2 is 1.60 bits per heavy atom. The highest BCUT2D eigenvalue weighted by atomic mass is 35.5. The van der Waals surface area contributed by atoms with E-state index < -0.39 is 10.0 Å². The van der Waals surface area contributed by atoms with Gasteiger partial charge in [0.1, 0.15) is 0 Å². The molecule has 0 saturated carbocycles. The van der Waals surface area contributed by atoms with Crippen LogP contribution in [-0.2, 0) is 10.0 Å². The molecule has 0 aliphatic carbocycles. The van der Waals surface area contributed by atoms with Gasteiger partial charge in [-0.15, -0.1) is 0 Å². The van der Waals surface area contributed by atoms with Crippen molar-refractivity contribution in [3.05, 3.63) is 57.6 Å². The second-order valence-corrected chi connectivity index (χ2v) is 9.01. The van der Waals surface area contributed by atoms with E-state index in [0.717, 1.165) is 16.8 Å². The average molecular weight is 399 g/mol. The molecule has 0 spiro atoms. The molecular formula is C18H20Cl2N2O2S. The standard InChI is InChI=1S/C18H20Cl2N2O2S/c1-13-3-6-18(14(2)11-13)25(23,24)22-9-7-21(8-10-22)17-12-15(19)4-5-16(17)20/h3-6,11-12H,7-10H2,1-2H3. The zero-order valence-corrected chi connectivity index (χ0v) is 16.5. The molecule has 0 N–H and O–H groups in total. The molecule has 1 aliphatic rings. The van der Waals surface area contributed by atoms with Gasteiger partial charge in [0.25, 0.3) is 0 Å². The minimum atomic E-state index is -3.49. The van der Waals surface area contributed by atoms with E-state index in [1.807, 2.05) is 32.0 Å². The van der Waals surface area contributed by atoms with Gasteiger partial charge in [-0.1, -0.05) is 40.9 Å². The van der Waals surface area contributed by atoms with Gasteiger partial charge in [0.05, 0.1) is 15.6 Å². The van der Waals surface area contributed by atoms with Crippen molar-refractivity contribution in [3.63, 3.8) is 0 Å². The number of sulfonamides is 1. The van der Waals surface area contributed by atoms with Gasteiger partial charge in [-0.25, -0.2) is 8.42 Å². The largest absolute Gasteiger partial charge is 0.368 e. The number of halogens is 2. The Labute approximate surface area is 159 Å². The smallest absolute Gasteiger partial charge is 0.243 e. The fourth-order valence-electron chi connectivity index (χ4n) is 3.13. The maximum Gasteiger partial charge on any atom is 0.243 e. The Balaban J connectivity index is 1.78. The van der Waals surface area contributed by atoms with Crippen LogP contribution in [0.2, 0.25) is 10.0 Å². The Kier molecular flexibility index (Phi) is 5.30. The molecule has 1 saturated heterocycles. The van der Waals surface area contributed by atoms with Crippen molar-refractivity contribution in [2.45, 2.75) is 18.7 Å². The van der Waals surface area contributed by atoms with Crippen molar-refractivity contribution in [3.8, 4) is 0 Å². The lowest BCUT2D eigenvalue weighted by molar-refractivity contribution is 0.384. The van der Waals surface area contributed by atoms with Crippen molar-refractivity contribution in [1.29, 1.82) is 0 Å². The third-order valence-electron chi connectivity index (χ3n) is 4.44. The van der Waals surface area contributed by atoms with E-state index in [9.17, 15) is 8.42 Å². The molecule has 134 valence electrons. The number of rotatable bonds is 3. The van der Waals surface area contributed by atoms with Gasteiger partial charge in [-0.05, 0) is 43.7 Å². The summed E-state index contributed by atoms with van der Waals surface area (Å²) in [6.07, 6.45) is 0. The molecule has 0 bridgehead atoms. The first kappa shape index (κ1) is 18.5. The molecule has 3 rings (SSSR count). The molecule has 2 aromatic rings. The van der Waals surface area contributed by atoms with Crippen LogP contribution in [0, 0.1) is 13.8 Å². The molecule has 1 heterocycles. The van der Waals surface area contributed by atoms with E-state index in [-0.39, 0.29) is 0 Å². The maximum absolute atomic E-state index is 12.9.